The number of thiophene rings is 1. The third-order valence-electron chi connectivity index (χ3n) is 3.70. The molecular weight excluding hydrogens is 274 g/mol. The van der Waals surface area contributed by atoms with Crippen molar-refractivity contribution in [1.29, 1.82) is 0 Å². The summed E-state index contributed by atoms with van der Waals surface area (Å²) in [5.74, 6) is -0.397. The van der Waals surface area contributed by atoms with Gasteiger partial charge in [0, 0.05) is 10.8 Å². The number of amides is 1. The Labute approximate surface area is 123 Å². The Morgan fingerprint density at radius 2 is 2.10 bits per heavy atom. The molecule has 1 aliphatic carbocycles. The fraction of sp³-hybridized carbons (Fsp3) is 0.600. The number of aryl methyl sites for hydroxylation is 1. The van der Waals surface area contributed by atoms with Crippen LogP contribution in [0.1, 0.15) is 54.4 Å². The van der Waals surface area contributed by atoms with E-state index in [0.29, 0.717) is 17.2 Å². The number of nitrogens with one attached hydrogen (secondary N) is 1. The highest BCUT2D eigenvalue weighted by Crippen LogP contribution is 2.39. The van der Waals surface area contributed by atoms with E-state index < -0.39 is 0 Å². The monoisotopic (exact) mass is 295 g/mol. The molecule has 1 atom stereocenters. The lowest BCUT2D eigenvalue weighted by Crippen LogP contribution is -2.21. The number of hydrogen-bond donors (Lipinski definition) is 1. The largest absolute Gasteiger partial charge is 0.462 e. The number of rotatable bonds is 5. The van der Waals surface area contributed by atoms with Crippen molar-refractivity contribution in [2.75, 3.05) is 11.9 Å². The van der Waals surface area contributed by atoms with Crippen LogP contribution in [0.4, 0.5) is 5.00 Å². The molecule has 1 amide bonds. The number of esters is 1. The summed E-state index contributed by atoms with van der Waals surface area (Å²) >= 11 is 1.53. The van der Waals surface area contributed by atoms with Gasteiger partial charge < -0.3 is 10.1 Å². The van der Waals surface area contributed by atoms with Gasteiger partial charge in [0.25, 0.3) is 0 Å². The van der Waals surface area contributed by atoms with Crippen LogP contribution in [0.25, 0.3) is 0 Å². The summed E-state index contributed by atoms with van der Waals surface area (Å²) < 4.78 is 5.14. The smallest absolute Gasteiger partial charge is 0.341 e. The summed E-state index contributed by atoms with van der Waals surface area (Å²) in [7, 11) is 0. The fourth-order valence-corrected chi connectivity index (χ4v) is 3.61. The molecule has 1 N–H and O–H groups in total. The molecule has 2 rings (SSSR count). The van der Waals surface area contributed by atoms with Crippen LogP contribution in [-0.2, 0) is 22.4 Å². The first-order chi connectivity index (χ1) is 9.58. The van der Waals surface area contributed by atoms with Gasteiger partial charge in [-0.25, -0.2) is 4.79 Å². The minimum Gasteiger partial charge on any atom is -0.462 e. The maximum atomic E-state index is 12.1. The molecule has 0 saturated carbocycles. The lowest BCUT2D eigenvalue weighted by molar-refractivity contribution is -0.119. The Hall–Kier alpha value is -1.36. The Kier molecular flexibility index (Phi) is 4.81. The SMILES string of the molecule is CCOC(=O)c1c(NC(=O)[C@@H](C)CC)sc2c1CCC2. The van der Waals surface area contributed by atoms with E-state index >= 15 is 0 Å². The zero-order valence-corrected chi connectivity index (χ0v) is 13.1. The molecule has 110 valence electrons. The molecule has 1 heterocycles. The van der Waals surface area contributed by atoms with Gasteiger partial charge in [-0.2, -0.15) is 0 Å². The van der Waals surface area contributed by atoms with Gasteiger partial charge >= 0.3 is 5.97 Å². The second kappa shape index (κ2) is 6.39. The second-order valence-electron chi connectivity index (χ2n) is 5.08. The number of ether oxygens (including phenoxy) is 1. The molecular formula is C15H21NO3S. The second-order valence-corrected chi connectivity index (χ2v) is 6.19. The first kappa shape index (κ1) is 15.0. The van der Waals surface area contributed by atoms with Crippen molar-refractivity contribution in [3.05, 3.63) is 16.0 Å². The first-order valence-corrected chi connectivity index (χ1v) is 8.02. The summed E-state index contributed by atoms with van der Waals surface area (Å²) in [6.45, 7) is 6.01. The van der Waals surface area contributed by atoms with Crippen LogP contribution in [0, 0.1) is 5.92 Å². The Morgan fingerprint density at radius 1 is 1.35 bits per heavy atom. The van der Waals surface area contributed by atoms with Gasteiger partial charge in [-0.1, -0.05) is 13.8 Å². The van der Waals surface area contributed by atoms with Crippen molar-refractivity contribution in [3.8, 4) is 0 Å². The molecule has 5 heteroatoms. The predicted molar refractivity (Wildman–Crippen MR) is 80.4 cm³/mol. The summed E-state index contributed by atoms with van der Waals surface area (Å²) in [4.78, 5) is 25.4. The highest BCUT2D eigenvalue weighted by Gasteiger charge is 2.28. The number of carbonyl (C=O) groups excluding carboxylic acids is 2. The first-order valence-electron chi connectivity index (χ1n) is 7.20. The summed E-state index contributed by atoms with van der Waals surface area (Å²) in [6, 6.07) is 0. The van der Waals surface area contributed by atoms with Gasteiger partial charge in [0.1, 0.15) is 5.00 Å². The van der Waals surface area contributed by atoms with Crippen LogP contribution >= 0.6 is 11.3 Å². The van der Waals surface area contributed by atoms with Crippen LogP contribution in [0.5, 0.6) is 0 Å². The van der Waals surface area contributed by atoms with E-state index in [2.05, 4.69) is 5.32 Å². The van der Waals surface area contributed by atoms with Gasteiger partial charge in [-0.3, -0.25) is 4.79 Å². The lowest BCUT2D eigenvalue weighted by Gasteiger charge is -2.11. The summed E-state index contributed by atoms with van der Waals surface area (Å²) in [6.07, 6.45) is 3.75. The normalized spacial score (nSPS) is 14.8. The quantitative estimate of drug-likeness (QED) is 0.847. The van der Waals surface area contributed by atoms with Crippen LogP contribution in [0.15, 0.2) is 0 Å². The standard InChI is InChI=1S/C15H21NO3S/c1-4-9(3)13(17)16-14-12(15(18)19-5-2)10-7-6-8-11(10)20-14/h9H,4-8H2,1-3H3,(H,16,17)/t9-/m0/s1. The van der Waals surface area contributed by atoms with Gasteiger partial charge in [0.15, 0.2) is 0 Å². The number of carbonyl (C=O) groups is 2. The molecule has 4 nitrogen and oxygen atoms in total. The zero-order chi connectivity index (χ0) is 14.7. The minimum absolute atomic E-state index is 0.0297. The molecule has 0 spiro atoms. The third-order valence-corrected chi connectivity index (χ3v) is 4.90. The van der Waals surface area contributed by atoms with Gasteiger partial charge in [0.2, 0.25) is 5.91 Å². The van der Waals surface area contributed by atoms with Crippen LogP contribution in [0.2, 0.25) is 0 Å². The fourth-order valence-electron chi connectivity index (χ4n) is 2.33. The molecule has 0 bridgehead atoms. The molecule has 1 aliphatic rings. The van der Waals surface area contributed by atoms with Gasteiger partial charge in [-0.05, 0) is 38.2 Å². The van der Waals surface area contributed by atoms with E-state index in [9.17, 15) is 9.59 Å². The van der Waals surface area contributed by atoms with Crippen molar-refractivity contribution in [2.24, 2.45) is 5.92 Å². The number of hydrogen-bond acceptors (Lipinski definition) is 4. The molecule has 1 aromatic rings. The van der Waals surface area contributed by atoms with Crippen LogP contribution < -0.4 is 5.32 Å². The van der Waals surface area contributed by atoms with Crippen molar-refractivity contribution in [3.63, 3.8) is 0 Å². The molecule has 20 heavy (non-hydrogen) atoms. The van der Waals surface area contributed by atoms with Crippen molar-refractivity contribution < 1.29 is 14.3 Å². The Morgan fingerprint density at radius 3 is 2.75 bits per heavy atom. The molecule has 0 fully saturated rings. The van der Waals surface area contributed by atoms with Gasteiger partial charge in [-0.15, -0.1) is 11.3 Å². The molecule has 0 radical (unpaired) electrons. The molecule has 0 aliphatic heterocycles. The van der Waals surface area contributed by atoms with E-state index in [1.165, 1.54) is 16.2 Å². The molecule has 0 aromatic carbocycles. The number of fused-ring (bicyclic) bond motifs is 1. The predicted octanol–water partition coefficient (Wildman–Crippen LogP) is 3.40. The zero-order valence-electron chi connectivity index (χ0n) is 12.2. The Bertz CT molecular complexity index is 521. The number of anilines is 1. The average molecular weight is 295 g/mol. The third kappa shape index (κ3) is 2.87. The van der Waals surface area contributed by atoms with E-state index in [1.807, 2.05) is 13.8 Å². The van der Waals surface area contributed by atoms with Crippen molar-refractivity contribution in [2.45, 2.75) is 46.5 Å². The maximum absolute atomic E-state index is 12.1. The van der Waals surface area contributed by atoms with Crippen LogP contribution in [0.3, 0.4) is 0 Å². The summed E-state index contributed by atoms with van der Waals surface area (Å²) in [5.41, 5.74) is 1.66. The maximum Gasteiger partial charge on any atom is 0.341 e. The van der Waals surface area contributed by atoms with Crippen molar-refractivity contribution in [1.82, 2.24) is 0 Å². The van der Waals surface area contributed by atoms with E-state index in [0.717, 1.165) is 31.2 Å². The minimum atomic E-state index is -0.314. The van der Waals surface area contributed by atoms with E-state index in [-0.39, 0.29) is 17.8 Å². The van der Waals surface area contributed by atoms with E-state index in [4.69, 9.17) is 4.74 Å². The lowest BCUT2D eigenvalue weighted by atomic mass is 10.1. The van der Waals surface area contributed by atoms with E-state index in [1.54, 1.807) is 6.92 Å². The Balaban J connectivity index is 2.29. The average Bonchev–Trinajstić information content (AvgIpc) is 2.97. The molecule has 0 saturated heterocycles. The molecule has 1 aromatic heterocycles. The summed E-state index contributed by atoms with van der Waals surface area (Å²) in [5, 5.41) is 3.57. The van der Waals surface area contributed by atoms with Crippen LogP contribution in [-0.4, -0.2) is 18.5 Å². The highest BCUT2D eigenvalue weighted by atomic mass is 32.1. The molecule has 0 unspecified atom stereocenters. The highest BCUT2D eigenvalue weighted by molar-refractivity contribution is 7.17. The topological polar surface area (TPSA) is 55.4 Å². The van der Waals surface area contributed by atoms with Crippen molar-refractivity contribution >= 4 is 28.2 Å². The van der Waals surface area contributed by atoms with Gasteiger partial charge in [0.05, 0.1) is 12.2 Å².